The molecule has 0 aliphatic rings. The molecule has 0 amide bonds. The van der Waals surface area contributed by atoms with Crippen molar-refractivity contribution in [3.8, 4) is 0 Å². The van der Waals surface area contributed by atoms with Gasteiger partial charge < -0.3 is 10.4 Å². The van der Waals surface area contributed by atoms with Gasteiger partial charge in [-0.2, -0.15) is 0 Å². The Hall–Kier alpha value is -0.120. The normalized spacial score (nSPS) is 10.5. The third kappa shape index (κ3) is 4.05. The molecule has 0 unspecified atom stereocenters. The van der Waals surface area contributed by atoms with Crippen molar-refractivity contribution >= 4 is 0 Å². The van der Waals surface area contributed by atoms with Gasteiger partial charge in [-0.25, -0.2) is 0 Å². The Bertz CT molecular complexity index is 49.7. The third-order valence-corrected chi connectivity index (χ3v) is 0.985. The average molecular weight is 118 g/mol. The first kappa shape index (κ1) is 7.88. The fourth-order valence-electron chi connectivity index (χ4n) is 0.373. The van der Waals surface area contributed by atoms with E-state index in [0.717, 1.165) is 13.1 Å². The molecule has 0 aliphatic carbocycles. The molecule has 3 nitrogen and oxygen atoms in total. The van der Waals surface area contributed by atoms with Crippen molar-refractivity contribution in [3.63, 3.8) is 0 Å². The van der Waals surface area contributed by atoms with E-state index in [9.17, 15) is 0 Å². The highest BCUT2D eigenvalue weighted by Crippen LogP contribution is 1.73. The van der Waals surface area contributed by atoms with E-state index in [1.807, 2.05) is 19.0 Å². The van der Waals surface area contributed by atoms with Crippen molar-refractivity contribution in [2.24, 2.45) is 0 Å². The highest BCUT2D eigenvalue weighted by atomic mass is 16.3. The summed E-state index contributed by atoms with van der Waals surface area (Å²) in [6, 6.07) is 0. The van der Waals surface area contributed by atoms with Crippen molar-refractivity contribution in [2.75, 3.05) is 33.9 Å². The molecule has 50 valence electrons. The number of aliphatic hydroxyl groups excluding tert-OH is 1. The van der Waals surface area contributed by atoms with Crippen LogP contribution in [0.15, 0.2) is 0 Å². The molecule has 0 aliphatic heterocycles. The topological polar surface area (TPSA) is 35.5 Å². The van der Waals surface area contributed by atoms with Crippen LogP contribution in [0.5, 0.6) is 0 Å². The Balaban J connectivity index is 2.86. The quantitative estimate of drug-likeness (QED) is 0.469. The van der Waals surface area contributed by atoms with Crippen LogP contribution < -0.4 is 5.32 Å². The molecule has 0 saturated carbocycles. The van der Waals surface area contributed by atoms with Crippen molar-refractivity contribution in [3.05, 3.63) is 0 Å². The third-order valence-electron chi connectivity index (χ3n) is 0.985. The first-order chi connectivity index (χ1) is 3.81. The van der Waals surface area contributed by atoms with Gasteiger partial charge in [0.05, 0.1) is 6.73 Å². The maximum absolute atomic E-state index is 8.46. The van der Waals surface area contributed by atoms with E-state index in [4.69, 9.17) is 5.11 Å². The lowest BCUT2D eigenvalue weighted by Crippen LogP contribution is -2.27. The van der Waals surface area contributed by atoms with E-state index >= 15 is 0 Å². The lowest BCUT2D eigenvalue weighted by Gasteiger charge is -2.10. The predicted octanol–water partition coefficient (Wildman–Crippen LogP) is -0.913. The molecule has 0 atom stereocenters. The Labute approximate surface area is 50.3 Å². The monoisotopic (exact) mass is 118 g/mol. The van der Waals surface area contributed by atoms with Crippen LogP contribution in [0.1, 0.15) is 0 Å². The van der Waals surface area contributed by atoms with E-state index in [-0.39, 0.29) is 6.73 Å². The molecule has 0 fully saturated rings. The van der Waals surface area contributed by atoms with Crippen LogP contribution in [-0.4, -0.2) is 43.9 Å². The molecule has 0 spiro atoms. The Kier molecular flexibility index (Phi) is 4.95. The highest BCUT2D eigenvalue weighted by Gasteiger charge is 1.89. The smallest absolute Gasteiger partial charge is 0.0954 e. The molecule has 0 radical (unpaired) electrons. The summed E-state index contributed by atoms with van der Waals surface area (Å²) in [4.78, 5) is 1.83. The van der Waals surface area contributed by atoms with E-state index in [1.165, 1.54) is 0 Å². The fourth-order valence-corrected chi connectivity index (χ4v) is 0.373. The Morgan fingerprint density at radius 3 is 2.62 bits per heavy atom. The van der Waals surface area contributed by atoms with E-state index in [0.29, 0.717) is 0 Å². The zero-order valence-electron chi connectivity index (χ0n) is 5.52. The number of rotatable bonds is 4. The minimum absolute atomic E-state index is 0.141. The zero-order chi connectivity index (χ0) is 6.41. The van der Waals surface area contributed by atoms with Crippen LogP contribution in [-0.2, 0) is 0 Å². The average Bonchev–Trinajstić information content (AvgIpc) is 1.83. The van der Waals surface area contributed by atoms with Crippen molar-refractivity contribution < 1.29 is 5.11 Å². The summed E-state index contributed by atoms with van der Waals surface area (Å²) in [5, 5.41) is 11.4. The van der Waals surface area contributed by atoms with Crippen molar-refractivity contribution in [1.29, 1.82) is 0 Å². The first-order valence-corrected chi connectivity index (χ1v) is 2.75. The second-order valence-corrected chi connectivity index (χ2v) is 1.82. The van der Waals surface area contributed by atoms with Gasteiger partial charge in [0.15, 0.2) is 0 Å². The lowest BCUT2D eigenvalue weighted by molar-refractivity contribution is 0.134. The number of aliphatic hydroxyl groups is 1. The maximum Gasteiger partial charge on any atom is 0.0954 e. The highest BCUT2D eigenvalue weighted by molar-refractivity contribution is 4.44. The summed E-state index contributed by atoms with van der Waals surface area (Å²) in [5.41, 5.74) is 0. The van der Waals surface area contributed by atoms with Gasteiger partial charge in [-0.3, -0.25) is 4.90 Å². The van der Waals surface area contributed by atoms with Gasteiger partial charge in [0, 0.05) is 13.1 Å². The van der Waals surface area contributed by atoms with Crippen LogP contribution in [0.25, 0.3) is 0 Å². The fraction of sp³-hybridized carbons (Fsp3) is 1.00. The standard InChI is InChI=1S/C5H14N2O/c1-6-3-4-7(2)5-8/h6,8H,3-5H2,1-2H3. The molecule has 3 heteroatoms. The SMILES string of the molecule is CNCCN(C)CO. The number of hydrogen-bond donors (Lipinski definition) is 2. The molecule has 0 bridgehead atoms. The summed E-state index contributed by atoms with van der Waals surface area (Å²) in [6.45, 7) is 1.96. The lowest BCUT2D eigenvalue weighted by atomic mass is 10.6. The molecule has 0 aromatic rings. The van der Waals surface area contributed by atoms with Gasteiger partial charge in [0.2, 0.25) is 0 Å². The van der Waals surface area contributed by atoms with Crippen molar-refractivity contribution in [1.82, 2.24) is 10.2 Å². The van der Waals surface area contributed by atoms with Crippen molar-refractivity contribution in [2.45, 2.75) is 0 Å². The summed E-state index contributed by atoms with van der Waals surface area (Å²) >= 11 is 0. The molecule has 0 saturated heterocycles. The van der Waals surface area contributed by atoms with Gasteiger partial charge in [0.25, 0.3) is 0 Å². The number of hydrogen-bond acceptors (Lipinski definition) is 3. The van der Waals surface area contributed by atoms with Crippen LogP contribution >= 0.6 is 0 Å². The van der Waals surface area contributed by atoms with E-state index in [2.05, 4.69) is 5.32 Å². The molecule has 2 N–H and O–H groups in total. The summed E-state index contributed by atoms with van der Waals surface area (Å²) in [5.74, 6) is 0. The first-order valence-electron chi connectivity index (χ1n) is 2.75. The zero-order valence-corrected chi connectivity index (χ0v) is 5.52. The molecular weight excluding hydrogens is 104 g/mol. The van der Waals surface area contributed by atoms with Gasteiger partial charge in [0.1, 0.15) is 0 Å². The number of nitrogens with zero attached hydrogens (tertiary/aromatic N) is 1. The van der Waals surface area contributed by atoms with Crippen LogP contribution in [0.2, 0.25) is 0 Å². The number of nitrogens with one attached hydrogen (secondary N) is 1. The van der Waals surface area contributed by atoms with Gasteiger partial charge in [-0.05, 0) is 14.1 Å². The summed E-state index contributed by atoms with van der Waals surface area (Å²) in [7, 11) is 3.77. The number of likely N-dealkylation sites (N-methyl/N-ethyl adjacent to an activating group) is 2. The Morgan fingerprint density at radius 2 is 2.25 bits per heavy atom. The van der Waals surface area contributed by atoms with Crippen LogP contribution in [0.4, 0.5) is 0 Å². The minimum atomic E-state index is 0.141. The maximum atomic E-state index is 8.46. The predicted molar refractivity (Wildman–Crippen MR) is 33.6 cm³/mol. The van der Waals surface area contributed by atoms with Crippen LogP contribution in [0.3, 0.4) is 0 Å². The molecule has 8 heavy (non-hydrogen) atoms. The summed E-state index contributed by atoms with van der Waals surface area (Å²) in [6.07, 6.45) is 0. The molecule has 0 rings (SSSR count). The second kappa shape index (κ2) is 5.03. The Morgan fingerprint density at radius 1 is 1.62 bits per heavy atom. The molecule has 0 aromatic carbocycles. The molecule has 0 aromatic heterocycles. The van der Waals surface area contributed by atoms with E-state index < -0.39 is 0 Å². The van der Waals surface area contributed by atoms with Gasteiger partial charge >= 0.3 is 0 Å². The second-order valence-electron chi connectivity index (χ2n) is 1.82. The van der Waals surface area contributed by atoms with Gasteiger partial charge in [-0.1, -0.05) is 0 Å². The summed E-state index contributed by atoms with van der Waals surface area (Å²) < 4.78 is 0. The minimum Gasteiger partial charge on any atom is -0.381 e. The van der Waals surface area contributed by atoms with Gasteiger partial charge in [-0.15, -0.1) is 0 Å². The largest absolute Gasteiger partial charge is 0.381 e. The molecular formula is C5H14N2O. The van der Waals surface area contributed by atoms with Crippen LogP contribution in [0, 0.1) is 0 Å². The molecule has 0 heterocycles. The van der Waals surface area contributed by atoms with E-state index in [1.54, 1.807) is 0 Å².